The number of allylic oxidation sites excluding steroid dienone is 1. The van der Waals surface area contributed by atoms with E-state index in [4.69, 9.17) is 16.3 Å². The molecule has 1 N–H and O–H groups in total. The van der Waals surface area contributed by atoms with Crippen LogP contribution in [-0.2, 0) is 9.59 Å². The maximum atomic E-state index is 11.2. The maximum Gasteiger partial charge on any atom is 0.208 e. The zero-order valence-corrected chi connectivity index (χ0v) is 14.4. The van der Waals surface area contributed by atoms with Crippen LogP contribution in [0, 0.1) is 0 Å². The summed E-state index contributed by atoms with van der Waals surface area (Å²) in [7, 11) is 0. The number of rotatable bonds is 3. The molecule has 4 nitrogen and oxygen atoms in total. The molecule has 1 atom stereocenters. The summed E-state index contributed by atoms with van der Waals surface area (Å²) in [5.41, 5.74) is 1.67. The van der Waals surface area contributed by atoms with Crippen LogP contribution in [0.5, 0.6) is 5.75 Å². The van der Waals surface area contributed by atoms with E-state index in [-0.39, 0.29) is 17.5 Å². The van der Waals surface area contributed by atoms with E-state index < -0.39 is 0 Å². The molecule has 0 spiro atoms. The van der Waals surface area contributed by atoms with Crippen molar-refractivity contribution >= 4 is 34.9 Å². The van der Waals surface area contributed by atoms with Gasteiger partial charge in [0.15, 0.2) is 12.6 Å². The third-order valence-corrected chi connectivity index (χ3v) is 4.78. The van der Waals surface area contributed by atoms with Gasteiger partial charge in [0, 0.05) is 10.6 Å². The molecular formula is C21H14ClNO3. The Labute approximate surface area is 155 Å². The van der Waals surface area contributed by atoms with Gasteiger partial charge in [-0.05, 0) is 28.5 Å². The second kappa shape index (κ2) is 6.65. The number of fused-ring (bicyclic) bond motifs is 3. The molecular weight excluding hydrogens is 350 g/mol. The van der Waals surface area contributed by atoms with Crippen LogP contribution in [0.3, 0.4) is 0 Å². The van der Waals surface area contributed by atoms with Crippen molar-refractivity contribution in [2.75, 3.05) is 0 Å². The highest BCUT2D eigenvalue weighted by Gasteiger charge is 2.30. The van der Waals surface area contributed by atoms with Gasteiger partial charge in [0.25, 0.3) is 0 Å². The number of ether oxygens (including phenoxy) is 1. The normalized spacial score (nSPS) is 15.6. The average molecular weight is 364 g/mol. The first-order valence-corrected chi connectivity index (χ1v) is 8.46. The molecule has 0 radical (unpaired) electrons. The molecule has 1 aliphatic rings. The fraction of sp³-hybridized carbons (Fsp3) is 0.0476. The summed E-state index contributed by atoms with van der Waals surface area (Å²) < 4.78 is 5.84. The number of halogens is 1. The molecule has 0 aliphatic carbocycles. The molecule has 0 aromatic heterocycles. The highest BCUT2D eigenvalue weighted by Crippen LogP contribution is 2.42. The lowest BCUT2D eigenvalue weighted by Crippen LogP contribution is -2.32. The number of carbonyl (C=O) groups excluding carboxylic acids is 2. The molecule has 1 aliphatic heterocycles. The summed E-state index contributed by atoms with van der Waals surface area (Å²) >= 11 is 6.43. The van der Waals surface area contributed by atoms with Gasteiger partial charge in [-0.25, -0.2) is 0 Å². The Morgan fingerprint density at radius 2 is 1.69 bits per heavy atom. The lowest BCUT2D eigenvalue weighted by Gasteiger charge is -2.31. The first-order chi connectivity index (χ1) is 12.7. The van der Waals surface area contributed by atoms with E-state index in [1.165, 1.54) is 0 Å². The topological polar surface area (TPSA) is 55.4 Å². The Morgan fingerprint density at radius 3 is 2.46 bits per heavy atom. The van der Waals surface area contributed by atoms with Gasteiger partial charge in [-0.1, -0.05) is 60.1 Å². The van der Waals surface area contributed by atoms with Gasteiger partial charge in [0.05, 0.1) is 6.04 Å². The van der Waals surface area contributed by atoms with Crippen molar-refractivity contribution in [1.29, 1.82) is 0 Å². The minimum absolute atomic E-state index is 0.0825. The summed E-state index contributed by atoms with van der Waals surface area (Å²) in [5, 5.41) is 5.83. The molecule has 0 fully saturated rings. The zero-order valence-electron chi connectivity index (χ0n) is 13.6. The quantitative estimate of drug-likeness (QED) is 0.328. The van der Waals surface area contributed by atoms with E-state index in [0.29, 0.717) is 23.3 Å². The standard InChI is InChI=1S/C21H14ClNO3/c22-17-8-4-3-7-16(17)20-19-15-6-2-1-5-13(15)9-10-18(19)26-21(23-20)14(11-24)12-25/h1-12,20,23H. The van der Waals surface area contributed by atoms with Crippen molar-refractivity contribution in [3.05, 3.63) is 88.3 Å². The predicted octanol–water partition coefficient (Wildman–Crippen LogP) is 4.17. The lowest BCUT2D eigenvalue weighted by molar-refractivity contribution is -0.110. The van der Waals surface area contributed by atoms with Crippen LogP contribution in [-0.4, -0.2) is 12.6 Å². The molecule has 0 saturated carbocycles. The van der Waals surface area contributed by atoms with Crippen LogP contribution in [0.1, 0.15) is 17.2 Å². The molecule has 0 saturated heterocycles. The number of benzene rings is 3. The summed E-state index contributed by atoms with van der Waals surface area (Å²) in [4.78, 5) is 22.5. The van der Waals surface area contributed by atoms with Gasteiger partial charge >= 0.3 is 0 Å². The Kier molecular flexibility index (Phi) is 4.19. The van der Waals surface area contributed by atoms with Crippen LogP contribution in [0.4, 0.5) is 0 Å². The van der Waals surface area contributed by atoms with Crippen molar-refractivity contribution in [3.8, 4) is 5.75 Å². The first kappa shape index (κ1) is 16.4. The van der Waals surface area contributed by atoms with Crippen molar-refractivity contribution < 1.29 is 14.3 Å². The largest absolute Gasteiger partial charge is 0.440 e. The van der Waals surface area contributed by atoms with E-state index >= 15 is 0 Å². The van der Waals surface area contributed by atoms with Gasteiger partial charge in [-0.3, -0.25) is 9.59 Å². The predicted molar refractivity (Wildman–Crippen MR) is 100 cm³/mol. The van der Waals surface area contributed by atoms with Crippen LogP contribution in [0.15, 0.2) is 72.1 Å². The van der Waals surface area contributed by atoms with Gasteiger partial charge in [-0.2, -0.15) is 0 Å². The van der Waals surface area contributed by atoms with Crippen molar-refractivity contribution in [3.63, 3.8) is 0 Å². The molecule has 4 rings (SSSR count). The van der Waals surface area contributed by atoms with E-state index in [9.17, 15) is 9.59 Å². The third kappa shape index (κ3) is 2.65. The lowest BCUT2D eigenvalue weighted by atomic mass is 9.91. The minimum Gasteiger partial charge on any atom is -0.440 e. The molecule has 26 heavy (non-hydrogen) atoms. The fourth-order valence-corrected chi connectivity index (χ4v) is 3.47. The van der Waals surface area contributed by atoms with Crippen molar-refractivity contribution in [2.45, 2.75) is 6.04 Å². The molecule has 5 heteroatoms. The van der Waals surface area contributed by atoms with E-state index in [1.807, 2.05) is 60.7 Å². The van der Waals surface area contributed by atoms with Crippen LogP contribution >= 0.6 is 11.6 Å². The third-order valence-electron chi connectivity index (χ3n) is 4.44. The summed E-state index contributed by atoms with van der Waals surface area (Å²) in [6.45, 7) is 0. The summed E-state index contributed by atoms with van der Waals surface area (Å²) in [6, 6.07) is 18.9. The summed E-state index contributed by atoms with van der Waals surface area (Å²) in [6.07, 6.45) is 0.954. The minimum atomic E-state index is -0.358. The zero-order chi connectivity index (χ0) is 18.1. The van der Waals surface area contributed by atoms with Gasteiger partial charge in [0.2, 0.25) is 5.88 Å². The van der Waals surface area contributed by atoms with Crippen molar-refractivity contribution in [2.24, 2.45) is 0 Å². The van der Waals surface area contributed by atoms with Crippen LogP contribution < -0.4 is 10.1 Å². The Bertz CT molecular complexity index is 1050. The van der Waals surface area contributed by atoms with Gasteiger partial charge in [-0.15, -0.1) is 0 Å². The molecule has 0 bridgehead atoms. The van der Waals surface area contributed by atoms with Crippen LogP contribution in [0.2, 0.25) is 5.02 Å². The Hall–Kier alpha value is -3.11. The second-order valence-corrected chi connectivity index (χ2v) is 6.33. The molecule has 3 aromatic carbocycles. The van der Waals surface area contributed by atoms with Gasteiger partial charge in [0.1, 0.15) is 11.3 Å². The fourth-order valence-electron chi connectivity index (χ4n) is 3.22. The van der Waals surface area contributed by atoms with E-state index in [1.54, 1.807) is 0 Å². The van der Waals surface area contributed by atoms with E-state index in [0.717, 1.165) is 21.9 Å². The number of hydrogen-bond donors (Lipinski definition) is 1. The van der Waals surface area contributed by atoms with Crippen LogP contribution in [0.25, 0.3) is 10.8 Å². The highest BCUT2D eigenvalue weighted by atomic mass is 35.5. The monoisotopic (exact) mass is 363 g/mol. The molecule has 3 aromatic rings. The number of aldehydes is 2. The molecule has 1 unspecified atom stereocenters. The Morgan fingerprint density at radius 1 is 0.962 bits per heavy atom. The van der Waals surface area contributed by atoms with Gasteiger partial charge < -0.3 is 10.1 Å². The maximum absolute atomic E-state index is 11.2. The number of hydrogen-bond acceptors (Lipinski definition) is 4. The average Bonchev–Trinajstić information content (AvgIpc) is 2.68. The molecule has 128 valence electrons. The Balaban J connectivity index is 2.02. The second-order valence-electron chi connectivity index (χ2n) is 5.92. The molecule has 0 amide bonds. The smallest absolute Gasteiger partial charge is 0.208 e. The summed E-state index contributed by atoms with van der Waals surface area (Å²) in [5.74, 6) is 0.714. The molecule has 1 heterocycles. The van der Waals surface area contributed by atoms with Crippen molar-refractivity contribution in [1.82, 2.24) is 5.32 Å². The number of nitrogens with one attached hydrogen (secondary N) is 1. The first-order valence-electron chi connectivity index (χ1n) is 8.08. The number of carbonyl (C=O) groups is 2. The van der Waals surface area contributed by atoms with E-state index in [2.05, 4.69) is 5.32 Å². The highest BCUT2D eigenvalue weighted by molar-refractivity contribution is 6.31. The SMILES string of the molecule is O=CC(C=O)=C1NC(c2ccccc2Cl)c2c(ccc3ccccc23)O1.